The molecule has 2 rings (SSSR count). The molecule has 0 spiro atoms. The number of rotatable bonds is 5. The second-order valence-corrected chi connectivity index (χ2v) is 4.77. The Morgan fingerprint density at radius 3 is 3.00 bits per heavy atom. The fourth-order valence-corrected chi connectivity index (χ4v) is 2.50. The van der Waals surface area contributed by atoms with Crippen LogP contribution in [-0.2, 0) is 18.2 Å². The van der Waals surface area contributed by atoms with Crippen molar-refractivity contribution in [3.05, 3.63) is 12.2 Å². The van der Waals surface area contributed by atoms with Gasteiger partial charge in [-0.15, -0.1) is 0 Å². The SMILES string of the molecule is CCNC(Cc1ncnn1C)C1OCCC1C. The van der Waals surface area contributed by atoms with Gasteiger partial charge in [0.2, 0.25) is 0 Å². The van der Waals surface area contributed by atoms with Crippen LogP contribution in [0.4, 0.5) is 0 Å². The molecule has 1 N–H and O–H groups in total. The lowest BCUT2D eigenvalue weighted by atomic mass is 9.95. The predicted molar refractivity (Wildman–Crippen MR) is 65.7 cm³/mol. The van der Waals surface area contributed by atoms with Crippen molar-refractivity contribution in [1.82, 2.24) is 20.1 Å². The van der Waals surface area contributed by atoms with Gasteiger partial charge in [-0.2, -0.15) is 5.10 Å². The van der Waals surface area contributed by atoms with Crippen molar-refractivity contribution in [2.45, 2.75) is 38.8 Å². The molecule has 0 aliphatic carbocycles. The molecule has 1 aromatic heterocycles. The van der Waals surface area contributed by atoms with E-state index in [9.17, 15) is 0 Å². The Morgan fingerprint density at radius 2 is 2.47 bits per heavy atom. The number of hydrogen-bond donors (Lipinski definition) is 1. The van der Waals surface area contributed by atoms with E-state index in [1.54, 1.807) is 6.33 Å². The van der Waals surface area contributed by atoms with Crippen molar-refractivity contribution in [1.29, 1.82) is 0 Å². The molecule has 5 heteroatoms. The van der Waals surface area contributed by atoms with E-state index in [-0.39, 0.29) is 0 Å². The van der Waals surface area contributed by atoms with Crippen molar-refractivity contribution < 1.29 is 4.74 Å². The first-order valence-electron chi connectivity index (χ1n) is 6.40. The summed E-state index contributed by atoms with van der Waals surface area (Å²) in [5, 5.41) is 7.63. The van der Waals surface area contributed by atoms with Gasteiger partial charge in [0.1, 0.15) is 12.2 Å². The van der Waals surface area contributed by atoms with Crippen molar-refractivity contribution in [2.24, 2.45) is 13.0 Å². The molecule has 1 aliphatic rings. The molecule has 0 amide bonds. The Morgan fingerprint density at radius 1 is 1.65 bits per heavy atom. The van der Waals surface area contributed by atoms with Gasteiger partial charge < -0.3 is 10.1 Å². The summed E-state index contributed by atoms with van der Waals surface area (Å²) in [7, 11) is 1.93. The zero-order valence-corrected chi connectivity index (χ0v) is 10.9. The highest BCUT2D eigenvalue weighted by Gasteiger charge is 2.32. The maximum Gasteiger partial charge on any atom is 0.138 e. The second kappa shape index (κ2) is 5.60. The third-order valence-electron chi connectivity index (χ3n) is 3.51. The van der Waals surface area contributed by atoms with E-state index in [0.29, 0.717) is 18.1 Å². The van der Waals surface area contributed by atoms with Crippen LogP contribution in [0.25, 0.3) is 0 Å². The first kappa shape index (κ1) is 12.5. The van der Waals surface area contributed by atoms with E-state index in [2.05, 4.69) is 29.2 Å². The van der Waals surface area contributed by atoms with E-state index < -0.39 is 0 Å². The lowest BCUT2D eigenvalue weighted by Crippen LogP contribution is -2.44. The molecule has 5 nitrogen and oxygen atoms in total. The van der Waals surface area contributed by atoms with E-state index >= 15 is 0 Å². The highest BCUT2D eigenvalue weighted by molar-refractivity contribution is 4.94. The number of hydrogen-bond acceptors (Lipinski definition) is 4. The fraction of sp³-hybridized carbons (Fsp3) is 0.833. The molecule has 2 heterocycles. The molecule has 3 unspecified atom stereocenters. The minimum Gasteiger partial charge on any atom is -0.376 e. The van der Waals surface area contributed by atoms with Crippen LogP contribution >= 0.6 is 0 Å². The maximum atomic E-state index is 5.85. The fourth-order valence-electron chi connectivity index (χ4n) is 2.50. The van der Waals surface area contributed by atoms with Gasteiger partial charge in [0.05, 0.1) is 6.10 Å². The molecular formula is C12H22N4O. The van der Waals surface area contributed by atoms with E-state index in [4.69, 9.17) is 4.74 Å². The molecule has 96 valence electrons. The Labute approximate surface area is 103 Å². The summed E-state index contributed by atoms with van der Waals surface area (Å²) in [5.41, 5.74) is 0. The molecule has 3 atom stereocenters. The maximum absolute atomic E-state index is 5.85. The lowest BCUT2D eigenvalue weighted by Gasteiger charge is -2.26. The Bertz CT molecular complexity index is 352. The first-order valence-corrected chi connectivity index (χ1v) is 6.40. The minimum atomic E-state index is 0.298. The van der Waals surface area contributed by atoms with Crippen LogP contribution < -0.4 is 5.32 Å². The van der Waals surface area contributed by atoms with Gasteiger partial charge in [-0.3, -0.25) is 4.68 Å². The molecule has 17 heavy (non-hydrogen) atoms. The van der Waals surface area contributed by atoms with Crippen molar-refractivity contribution in [2.75, 3.05) is 13.2 Å². The highest BCUT2D eigenvalue weighted by atomic mass is 16.5. The van der Waals surface area contributed by atoms with Gasteiger partial charge in [-0.1, -0.05) is 13.8 Å². The summed E-state index contributed by atoms with van der Waals surface area (Å²) in [4.78, 5) is 4.29. The van der Waals surface area contributed by atoms with Gasteiger partial charge in [0.15, 0.2) is 0 Å². The van der Waals surface area contributed by atoms with E-state index in [1.807, 2.05) is 11.7 Å². The molecule has 1 aliphatic heterocycles. The van der Waals surface area contributed by atoms with E-state index in [1.165, 1.54) is 0 Å². The summed E-state index contributed by atoms with van der Waals surface area (Å²) in [5.74, 6) is 1.63. The van der Waals surface area contributed by atoms with Crippen molar-refractivity contribution >= 4 is 0 Å². The van der Waals surface area contributed by atoms with Gasteiger partial charge in [-0.25, -0.2) is 4.98 Å². The lowest BCUT2D eigenvalue weighted by molar-refractivity contribution is 0.0606. The third-order valence-corrected chi connectivity index (χ3v) is 3.51. The van der Waals surface area contributed by atoms with Gasteiger partial charge in [0, 0.05) is 26.1 Å². The largest absolute Gasteiger partial charge is 0.376 e. The molecule has 1 aromatic rings. The van der Waals surface area contributed by atoms with Gasteiger partial charge in [0.25, 0.3) is 0 Å². The van der Waals surface area contributed by atoms with Crippen LogP contribution in [0.1, 0.15) is 26.1 Å². The summed E-state index contributed by atoms with van der Waals surface area (Å²) >= 11 is 0. The topological polar surface area (TPSA) is 52.0 Å². The van der Waals surface area contributed by atoms with Crippen LogP contribution in [-0.4, -0.2) is 40.1 Å². The number of nitrogens with one attached hydrogen (secondary N) is 1. The summed E-state index contributed by atoms with van der Waals surface area (Å²) in [6, 6.07) is 0.334. The first-order chi connectivity index (χ1) is 8.22. The smallest absolute Gasteiger partial charge is 0.138 e. The zero-order valence-electron chi connectivity index (χ0n) is 10.9. The van der Waals surface area contributed by atoms with Gasteiger partial charge >= 0.3 is 0 Å². The standard InChI is InChI=1S/C12H22N4O/c1-4-13-10(12-9(2)5-6-17-12)7-11-14-8-15-16(11)3/h8-10,12-13H,4-7H2,1-3H3. The molecule has 0 radical (unpaired) electrons. The quantitative estimate of drug-likeness (QED) is 0.823. The van der Waals surface area contributed by atoms with Crippen molar-refractivity contribution in [3.8, 4) is 0 Å². The zero-order chi connectivity index (χ0) is 12.3. The third kappa shape index (κ3) is 2.84. The number of aromatic nitrogens is 3. The van der Waals surface area contributed by atoms with E-state index in [0.717, 1.165) is 31.8 Å². The number of nitrogens with zero attached hydrogens (tertiary/aromatic N) is 3. The normalized spacial score (nSPS) is 26.3. The summed E-state index contributed by atoms with van der Waals surface area (Å²) < 4.78 is 7.69. The summed E-state index contributed by atoms with van der Waals surface area (Å²) in [6.45, 7) is 6.23. The minimum absolute atomic E-state index is 0.298. The average molecular weight is 238 g/mol. The second-order valence-electron chi connectivity index (χ2n) is 4.77. The molecule has 0 bridgehead atoms. The van der Waals surface area contributed by atoms with Crippen LogP contribution in [0.15, 0.2) is 6.33 Å². The number of aryl methyl sites for hydroxylation is 1. The molecular weight excluding hydrogens is 216 g/mol. The number of likely N-dealkylation sites (N-methyl/N-ethyl adjacent to an activating group) is 1. The van der Waals surface area contributed by atoms with Crippen molar-refractivity contribution in [3.63, 3.8) is 0 Å². The molecule has 0 aromatic carbocycles. The molecule has 1 saturated heterocycles. The van der Waals surface area contributed by atoms with Crippen LogP contribution in [0.3, 0.4) is 0 Å². The molecule has 0 saturated carbocycles. The predicted octanol–water partition coefficient (Wildman–Crippen LogP) is 0.761. The summed E-state index contributed by atoms with van der Waals surface area (Å²) in [6.07, 6.45) is 3.94. The average Bonchev–Trinajstić information content (AvgIpc) is 2.88. The Hall–Kier alpha value is -0.940. The monoisotopic (exact) mass is 238 g/mol. The Kier molecular flexibility index (Phi) is 4.12. The highest BCUT2D eigenvalue weighted by Crippen LogP contribution is 2.24. The number of ether oxygens (including phenoxy) is 1. The van der Waals surface area contributed by atoms with Gasteiger partial charge in [-0.05, 0) is 18.9 Å². The van der Waals surface area contributed by atoms with Crippen LogP contribution in [0.5, 0.6) is 0 Å². The Balaban J connectivity index is 2.04. The van der Waals surface area contributed by atoms with Crippen LogP contribution in [0, 0.1) is 5.92 Å². The van der Waals surface area contributed by atoms with Crippen LogP contribution in [0.2, 0.25) is 0 Å². The molecule has 1 fully saturated rings.